The molecule has 0 aliphatic rings. The van der Waals surface area contributed by atoms with E-state index in [1.165, 1.54) is 0 Å². The van der Waals surface area contributed by atoms with Crippen molar-refractivity contribution < 1.29 is 4.79 Å². The highest BCUT2D eigenvalue weighted by Gasteiger charge is 2.12. The average molecular weight is 342 g/mol. The molecule has 0 aliphatic carbocycles. The number of hydrogen-bond donors (Lipinski definition) is 1. The molecule has 1 aromatic carbocycles. The second-order valence-electron chi connectivity index (χ2n) is 3.46. The number of likely N-dealkylation sites (N-methyl/N-ethyl adjacent to an activating group) is 2. The van der Waals surface area contributed by atoms with Crippen LogP contribution in [-0.4, -0.2) is 38.0 Å². The first-order chi connectivity index (χ1) is 7.56. The van der Waals surface area contributed by atoms with E-state index in [0.29, 0.717) is 17.1 Å². The van der Waals surface area contributed by atoms with Gasteiger partial charge in [0.05, 0.1) is 5.02 Å². The van der Waals surface area contributed by atoms with E-state index in [-0.39, 0.29) is 18.3 Å². The van der Waals surface area contributed by atoms with Crippen molar-refractivity contribution in [2.75, 3.05) is 27.2 Å². The molecule has 0 bridgehead atoms. The van der Waals surface area contributed by atoms with Crippen LogP contribution in [0.1, 0.15) is 10.4 Å². The molecule has 0 unspecified atom stereocenters. The lowest BCUT2D eigenvalue weighted by Gasteiger charge is -2.17. The fourth-order valence-electron chi connectivity index (χ4n) is 1.23. The minimum absolute atomic E-state index is 0. The normalized spacial score (nSPS) is 9.65. The number of benzene rings is 1. The number of carbonyl (C=O) groups excluding carboxylic acids is 1. The Bertz CT molecular complexity index is 388. The lowest BCUT2D eigenvalue weighted by atomic mass is 10.2. The number of carbonyl (C=O) groups is 1. The maximum absolute atomic E-state index is 11.9. The van der Waals surface area contributed by atoms with Crippen LogP contribution in [0.3, 0.4) is 0 Å². The van der Waals surface area contributed by atoms with Gasteiger partial charge in [0.1, 0.15) is 0 Å². The monoisotopic (exact) mass is 340 g/mol. The molecule has 1 amide bonds. The van der Waals surface area contributed by atoms with Crippen molar-refractivity contribution in [3.8, 4) is 0 Å². The zero-order valence-corrected chi connectivity index (χ0v) is 12.8. The van der Waals surface area contributed by atoms with E-state index in [4.69, 9.17) is 11.6 Å². The molecule has 0 spiro atoms. The number of amides is 1. The van der Waals surface area contributed by atoms with Gasteiger partial charge in [0.15, 0.2) is 0 Å². The van der Waals surface area contributed by atoms with Gasteiger partial charge in [-0.2, -0.15) is 0 Å². The van der Waals surface area contributed by atoms with Crippen LogP contribution < -0.4 is 5.32 Å². The second kappa shape index (κ2) is 7.93. The van der Waals surface area contributed by atoms with Gasteiger partial charge in [0.2, 0.25) is 0 Å². The van der Waals surface area contributed by atoms with Gasteiger partial charge in [-0.05, 0) is 41.2 Å². The van der Waals surface area contributed by atoms with E-state index in [1.54, 1.807) is 30.1 Å². The maximum atomic E-state index is 11.9. The molecular weight excluding hydrogens is 327 g/mol. The predicted molar refractivity (Wildman–Crippen MR) is 77.3 cm³/mol. The van der Waals surface area contributed by atoms with Crippen LogP contribution in [0.4, 0.5) is 0 Å². The summed E-state index contributed by atoms with van der Waals surface area (Å²) in [5.41, 5.74) is 0.604. The summed E-state index contributed by atoms with van der Waals surface area (Å²) in [7, 11) is 3.63. The van der Waals surface area contributed by atoms with Crippen molar-refractivity contribution in [2.45, 2.75) is 0 Å². The Kier molecular flexibility index (Phi) is 7.79. The molecule has 0 aliphatic heterocycles. The number of rotatable bonds is 4. The molecule has 0 fully saturated rings. The predicted octanol–water partition coefficient (Wildman–Crippen LogP) is 2.82. The highest BCUT2D eigenvalue weighted by molar-refractivity contribution is 9.10. The van der Waals surface area contributed by atoms with Gasteiger partial charge >= 0.3 is 0 Å². The van der Waals surface area contributed by atoms with Crippen molar-refractivity contribution in [2.24, 2.45) is 0 Å². The van der Waals surface area contributed by atoms with Crippen LogP contribution in [0.5, 0.6) is 0 Å². The molecule has 1 N–H and O–H groups in total. The molecular formula is C11H15BrCl2N2O. The Balaban J connectivity index is 0.00000256. The fourth-order valence-corrected chi connectivity index (χ4v) is 1.66. The van der Waals surface area contributed by atoms with E-state index < -0.39 is 0 Å². The van der Waals surface area contributed by atoms with Gasteiger partial charge in [0.25, 0.3) is 5.91 Å². The van der Waals surface area contributed by atoms with Crippen LogP contribution in [0.25, 0.3) is 0 Å². The fraction of sp³-hybridized carbons (Fsp3) is 0.364. The Hall–Kier alpha value is -0.290. The third-order valence-corrected chi connectivity index (χ3v) is 3.44. The molecule has 0 saturated heterocycles. The summed E-state index contributed by atoms with van der Waals surface area (Å²) in [6.07, 6.45) is 0. The molecule has 0 atom stereocenters. The SMILES string of the molecule is CNCCN(C)C(=O)c1ccc(Br)c(Cl)c1.Cl. The molecule has 0 aromatic heterocycles. The Morgan fingerprint density at radius 1 is 1.53 bits per heavy atom. The molecule has 3 nitrogen and oxygen atoms in total. The van der Waals surface area contributed by atoms with Crippen LogP contribution in [0.15, 0.2) is 22.7 Å². The minimum atomic E-state index is -0.0235. The number of halogens is 3. The van der Waals surface area contributed by atoms with Crippen LogP contribution in [-0.2, 0) is 0 Å². The Morgan fingerprint density at radius 3 is 2.71 bits per heavy atom. The number of nitrogens with zero attached hydrogens (tertiary/aromatic N) is 1. The lowest BCUT2D eigenvalue weighted by Crippen LogP contribution is -2.32. The first-order valence-electron chi connectivity index (χ1n) is 4.91. The lowest BCUT2D eigenvalue weighted by molar-refractivity contribution is 0.0797. The number of nitrogens with one attached hydrogen (secondary N) is 1. The summed E-state index contributed by atoms with van der Waals surface area (Å²) >= 11 is 9.23. The highest BCUT2D eigenvalue weighted by atomic mass is 79.9. The molecule has 96 valence electrons. The van der Waals surface area contributed by atoms with Crippen LogP contribution in [0.2, 0.25) is 5.02 Å². The van der Waals surface area contributed by atoms with Crippen molar-refractivity contribution in [1.82, 2.24) is 10.2 Å². The average Bonchev–Trinajstić information content (AvgIpc) is 2.28. The summed E-state index contributed by atoms with van der Waals surface area (Å²) in [6.45, 7) is 1.44. The first-order valence-corrected chi connectivity index (χ1v) is 6.08. The third-order valence-electron chi connectivity index (χ3n) is 2.21. The molecule has 6 heteroatoms. The summed E-state index contributed by atoms with van der Waals surface area (Å²) < 4.78 is 0.795. The number of hydrogen-bond acceptors (Lipinski definition) is 2. The third kappa shape index (κ3) is 4.84. The van der Waals surface area contributed by atoms with E-state index in [2.05, 4.69) is 21.2 Å². The second-order valence-corrected chi connectivity index (χ2v) is 4.72. The van der Waals surface area contributed by atoms with Crippen LogP contribution in [0, 0.1) is 0 Å². The Labute approximate surface area is 121 Å². The highest BCUT2D eigenvalue weighted by Crippen LogP contribution is 2.23. The Morgan fingerprint density at radius 2 is 2.18 bits per heavy atom. The minimum Gasteiger partial charge on any atom is -0.340 e. The molecule has 1 rings (SSSR count). The van der Waals surface area contributed by atoms with Gasteiger partial charge in [-0.25, -0.2) is 0 Å². The first kappa shape index (κ1) is 16.7. The topological polar surface area (TPSA) is 32.3 Å². The van der Waals surface area contributed by atoms with Gasteiger partial charge in [-0.1, -0.05) is 11.6 Å². The molecule has 0 radical (unpaired) electrons. The molecule has 1 aromatic rings. The standard InChI is InChI=1S/C11H14BrClN2O.ClH/c1-14-5-6-15(2)11(16)8-3-4-9(12)10(13)7-8;/h3-4,7,14H,5-6H2,1-2H3;1H. The molecule has 17 heavy (non-hydrogen) atoms. The van der Waals surface area contributed by atoms with E-state index in [0.717, 1.165) is 11.0 Å². The largest absolute Gasteiger partial charge is 0.340 e. The molecule has 0 saturated carbocycles. The van der Waals surface area contributed by atoms with E-state index >= 15 is 0 Å². The summed E-state index contributed by atoms with van der Waals surface area (Å²) in [4.78, 5) is 13.6. The van der Waals surface area contributed by atoms with Crippen LogP contribution >= 0.6 is 39.9 Å². The van der Waals surface area contributed by atoms with Crippen molar-refractivity contribution in [1.29, 1.82) is 0 Å². The summed E-state index contributed by atoms with van der Waals surface area (Å²) in [6, 6.07) is 5.21. The summed E-state index contributed by atoms with van der Waals surface area (Å²) in [5, 5.41) is 3.55. The van der Waals surface area contributed by atoms with E-state index in [9.17, 15) is 4.79 Å². The smallest absolute Gasteiger partial charge is 0.253 e. The van der Waals surface area contributed by atoms with Crippen molar-refractivity contribution >= 4 is 45.8 Å². The zero-order valence-electron chi connectivity index (χ0n) is 9.67. The van der Waals surface area contributed by atoms with Crippen molar-refractivity contribution in [3.63, 3.8) is 0 Å². The maximum Gasteiger partial charge on any atom is 0.253 e. The van der Waals surface area contributed by atoms with Gasteiger partial charge in [-0.3, -0.25) is 4.79 Å². The van der Waals surface area contributed by atoms with Gasteiger partial charge in [0, 0.05) is 30.2 Å². The van der Waals surface area contributed by atoms with Crippen molar-refractivity contribution in [3.05, 3.63) is 33.3 Å². The summed E-state index contributed by atoms with van der Waals surface area (Å²) in [5.74, 6) is -0.0235. The van der Waals surface area contributed by atoms with Gasteiger partial charge in [-0.15, -0.1) is 12.4 Å². The zero-order chi connectivity index (χ0) is 12.1. The molecule has 0 heterocycles. The van der Waals surface area contributed by atoms with Gasteiger partial charge < -0.3 is 10.2 Å². The van der Waals surface area contributed by atoms with E-state index in [1.807, 2.05) is 7.05 Å². The quantitative estimate of drug-likeness (QED) is 0.913.